The lowest BCUT2D eigenvalue weighted by molar-refractivity contribution is -0.140. The van der Waals surface area contributed by atoms with Crippen molar-refractivity contribution in [2.75, 3.05) is 6.54 Å². The van der Waals surface area contributed by atoms with Crippen LogP contribution < -0.4 is 22.1 Å². The molecule has 1 saturated heterocycles. The Hall–Kier alpha value is -4.42. The maximum atomic E-state index is 13.5. The number of aromatic hydroxyl groups is 1. The zero-order valence-corrected chi connectivity index (χ0v) is 22.7. The number of nitrogens with zero attached hydrogens (tertiary/aromatic N) is 1. The van der Waals surface area contributed by atoms with Crippen LogP contribution in [0.4, 0.5) is 0 Å². The van der Waals surface area contributed by atoms with E-state index >= 15 is 0 Å². The van der Waals surface area contributed by atoms with Crippen LogP contribution in [0, 0.1) is 0 Å². The number of fused-ring (bicyclic) bond motifs is 1. The molecule has 0 aliphatic carbocycles. The number of hydrogen-bond acceptors (Lipinski definition) is 7. The van der Waals surface area contributed by atoms with E-state index in [-0.39, 0.29) is 18.6 Å². The van der Waals surface area contributed by atoms with Crippen molar-refractivity contribution in [3.8, 4) is 5.75 Å². The number of aromatic amines is 1. The van der Waals surface area contributed by atoms with Gasteiger partial charge < -0.3 is 42.2 Å². The molecule has 1 aliphatic rings. The molecule has 0 bridgehead atoms. The molecule has 0 radical (unpaired) electrons. The predicted octanol–water partition coefficient (Wildman–Crippen LogP) is -0.187. The highest BCUT2D eigenvalue weighted by molar-refractivity contribution is 5.95. The second kappa shape index (κ2) is 12.8. The summed E-state index contributed by atoms with van der Waals surface area (Å²) >= 11 is 0. The SMILES string of the molecule is CC(O)C(NC(=O)C(Cc1c[nH]c2ccccc12)NC(=O)C1CCCN1C(=O)C(N)Cc1ccc(O)cc1)C(N)=O. The van der Waals surface area contributed by atoms with Gasteiger partial charge in [-0.25, -0.2) is 0 Å². The first-order chi connectivity index (χ1) is 19.5. The van der Waals surface area contributed by atoms with Crippen LogP contribution in [0.25, 0.3) is 10.9 Å². The van der Waals surface area contributed by atoms with Crippen LogP contribution in [0.2, 0.25) is 0 Å². The number of nitrogens with one attached hydrogen (secondary N) is 3. The Morgan fingerprint density at radius 2 is 1.78 bits per heavy atom. The molecule has 0 saturated carbocycles. The number of H-pyrrole nitrogens is 1. The molecule has 4 rings (SSSR count). The van der Waals surface area contributed by atoms with Gasteiger partial charge in [0, 0.05) is 30.1 Å². The lowest BCUT2D eigenvalue weighted by Gasteiger charge is -2.29. The van der Waals surface area contributed by atoms with E-state index < -0.39 is 53.9 Å². The number of phenolic OH excluding ortho intramolecular Hbond substituents is 1. The molecule has 9 N–H and O–H groups in total. The van der Waals surface area contributed by atoms with Crippen LogP contribution in [0.15, 0.2) is 54.7 Å². The summed E-state index contributed by atoms with van der Waals surface area (Å²) in [5.41, 5.74) is 13.9. The highest BCUT2D eigenvalue weighted by Gasteiger charge is 2.38. The number of phenols is 1. The van der Waals surface area contributed by atoms with E-state index in [4.69, 9.17) is 11.5 Å². The number of aliphatic hydroxyl groups excluding tert-OH is 1. The molecule has 1 aliphatic heterocycles. The van der Waals surface area contributed by atoms with Crippen molar-refractivity contribution in [2.45, 2.75) is 62.9 Å². The maximum Gasteiger partial charge on any atom is 0.243 e. The molecular weight excluding hydrogens is 528 g/mol. The molecule has 1 fully saturated rings. The first-order valence-corrected chi connectivity index (χ1v) is 13.5. The smallest absolute Gasteiger partial charge is 0.243 e. The summed E-state index contributed by atoms with van der Waals surface area (Å²) in [4.78, 5) is 56.6. The summed E-state index contributed by atoms with van der Waals surface area (Å²) in [6.45, 7) is 1.66. The Morgan fingerprint density at radius 3 is 2.46 bits per heavy atom. The van der Waals surface area contributed by atoms with Crippen molar-refractivity contribution >= 4 is 34.5 Å². The van der Waals surface area contributed by atoms with Crippen LogP contribution in [-0.4, -0.2) is 80.5 Å². The summed E-state index contributed by atoms with van der Waals surface area (Å²) in [6.07, 6.45) is 1.77. The monoisotopic (exact) mass is 564 g/mol. The minimum Gasteiger partial charge on any atom is -0.508 e. The average Bonchev–Trinajstić information content (AvgIpc) is 3.59. The third-order valence-corrected chi connectivity index (χ3v) is 7.37. The number of carbonyl (C=O) groups excluding carboxylic acids is 4. The number of primary amides is 1. The number of carbonyl (C=O) groups is 4. The predicted molar refractivity (Wildman–Crippen MR) is 151 cm³/mol. The van der Waals surface area contributed by atoms with Crippen molar-refractivity contribution in [2.24, 2.45) is 11.5 Å². The van der Waals surface area contributed by atoms with Gasteiger partial charge in [-0.2, -0.15) is 0 Å². The second-order valence-electron chi connectivity index (χ2n) is 10.4. The second-order valence-corrected chi connectivity index (χ2v) is 10.4. The van der Waals surface area contributed by atoms with E-state index in [1.165, 1.54) is 24.0 Å². The van der Waals surface area contributed by atoms with E-state index in [0.717, 1.165) is 22.0 Å². The van der Waals surface area contributed by atoms with E-state index in [1.807, 2.05) is 24.3 Å². The highest BCUT2D eigenvalue weighted by atomic mass is 16.3. The number of benzene rings is 2. The maximum absolute atomic E-state index is 13.5. The van der Waals surface area contributed by atoms with Gasteiger partial charge in [0.25, 0.3) is 0 Å². The zero-order valence-electron chi connectivity index (χ0n) is 22.7. The Balaban J connectivity index is 1.51. The molecule has 2 heterocycles. The standard InChI is InChI=1S/C29H36N6O6/c1-16(36)25(26(31)38)34-27(39)23(14-18-15-32-22-6-3-2-5-20(18)22)33-28(40)24-7-4-12-35(24)29(41)21(30)13-17-8-10-19(37)11-9-17/h2-3,5-6,8-11,15-16,21,23-25,32,36-37H,4,7,12-14,30H2,1H3,(H2,31,38)(H,33,40)(H,34,39). The number of likely N-dealkylation sites (tertiary alicyclic amines) is 1. The molecule has 1 aromatic heterocycles. The molecule has 2 aromatic carbocycles. The molecule has 12 heteroatoms. The summed E-state index contributed by atoms with van der Waals surface area (Å²) in [5, 5.41) is 25.5. The third kappa shape index (κ3) is 7.02. The van der Waals surface area contributed by atoms with E-state index in [1.54, 1.807) is 18.3 Å². The fourth-order valence-electron chi connectivity index (χ4n) is 5.17. The number of rotatable bonds is 11. The fourth-order valence-corrected chi connectivity index (χ4v) is 5.17. The van der Waals surface area contributed by atoms with Crippen molar-refractivity contribution in [1.82, 2.24) is 20.5 Å². The molecule has 3 aromatic rings. The van der Waals surface area contributed by atoms with E-state index in [0.29, 0.717) is 19.4 Å². The number of amides is 4. The van der Waals surface area contributed by atoms with Crippen LogP contribution in [-0.2, 0) is 32.0 Å². The minimum atomic E-state index is -1.35. The normalized spacial score (nSPS) is 17.9. The van der Waals surface area contributed by atoms with Gasteiger partial charge in [-0.1, -0.05) is 30.3 Å². The van der Waals surface area contributed by atoms with Gasteiger partial charge in [0.05, 0.1) is 12.1 Å². The third-order valence-electron chi connectivity index (χ3n) is 7.37. The largest absolute Gasteiger partial charge is 0.508 e. The molecule has 4 amide bonds. The summed E-state index contributed by atoms with van der Waals surface area (Å²) < 4.78 is 0. The Kier molecular flexibility index (Phi) is 9.25. The Morgan fingerprint density at radius 1 is 1.07 bits per heavy atom. The van der Waals surface area contributed by atoms with Gasteiger partial charge in [-0.15, -0.1) is 0 Å². The van der Waals surface area contributed by atoms with Gasteiger partial charge >= 0.3 is 0 Å². The summed E-state index contributed by atoms with van der Waals surface area (Å²) in [7, 11) is 0. The Bertz CT molecular complexity index is 1400. The lowest BCUT2D eigenvalue weighted by atomic mass is 10.0. The average molecular weight is 565 g/mol. The molecule has 5 atom stereocenters. The van der Waals surface area contributed by atoms with Crippen molar-refractivity contribution in [3.05, 3.63) is 65.9 Å². The Labute approximate surface area is 237 Å². The number of hydrogen-bond donors (Lipinski definition) is 7. The topological polar surface area (TPSA) is 204 Å². The van der Waals surface area contributed by atoms with Gasteiger partial charge in [-0.3, -0.25) is 19.2 Å². The number of aliphatic hydroxyl groups is 1. The fraction of sp³-hybridized carbons (Fsp3) is 0.379. The minimum absolute atomic E-state index is 0.0773. The quantitative estimate of drug-likeness (QED) is 0.167. The van der Waals surface area contributed by atoms with Crippen molar-refractivity contribution < 1.29 is 29.4 Å². The first kappa shape index (κ1) is 29.6. The number of para-hydroxylation sites is 1. The van der Waals surface area contributed by atoms with Gasteiger partial charge in [-0.05, 0) is 55.5 Å². The van der Waals surface area contributed by atoms with Gasteiger partial charge in [0.2, 0.25) is 23.6 Å². The molecular formula is C29H36N6O6. The molecule has 5 unspecified atom stereocenters. The molecule has 41 heavy (non-hydrogen) atoms. The van der Waals surface area contributed by atoms with Gasteiger partial charge in [0.1, 0.15) is 23.9 Å². The van der Waals surface area contributed by atoms with Crippen molar-refractivity contribution in [1.29, 1.82) is 0 Å². The van der Waals surface area contributed by atoms with E-state index in [9.17, 15) is 29.4 Å². The van der Waals surface area contributed by atoms with Crippen molar-refractivity contribution in [3.63, 3.8) is 0 Å². The number of nitrogens with two attached hydrogens (primary N) is 2. The van der Waals surface area contributed by atoms with Crippen LogP contribution in [0.1, 0.15) is 30.9 Å². The first-order valence-electron chi connectivity index (χ1n) is 13.5. The number of aromatic nitrogens is 1. The van der Waals surface area contributed by atoms with E-state index in [2.05, 4.69) is 15.6 Å². The van der Waals surface area contributed by atoms with Crippen LogP contribution >= 0.6 is 0 Å². The molecule has 12 nitrogen and oxygen atoms in total. The summed E-state index contributed by atoms with van der Waals surface area (Å²) in [5.74, 6) is -2.43. The molecule has 0 spiro atoms. The van der Waals surface area contributed by atoms with Gasteiger partial charge in [0.15, 0.2) is 0 Å². The highest BCUT2D eigenvalue weighted by Crippen LogP contribution is 2.22. The van der Waals surface area contributed by atoms with Crippen LogP contribution in [0.5, 0.6) is 5.75 Å². The zero-order chi connectivity index (χ0) is 29.7. The lowest BCUT2D eigenvalue weighted by Crippen LogP contribution is -2.59. The molecule has 218 valence electrons. The van der Waals surface area contributed by atoms with Crippen LogP contribution in [0.3, 0.4) is 0 Å². The summed E-state index contributed by atoms with van der Waals surface area (Å²) in [6, 6.07) is 9.64.